The molecule has 4 rings (SSSR count). The zero-order valence-corrected chi connectivity index (χ0v) is 19.5. The summed E-state index contributed by atoms with van der Waals surface area (Å²) in [5.41, 5.74) is 3.47. The van der Waals surface area contributed by atoms with Crippen molar-refractivity contribution in [1.29, 1.82) is 0 Å². The standard InChI is InChI=1S/C28H25ClN2O2/c1-28(2,3)19-15-13-18(14-16-19)26(32)30-20-7-4-8-21(17-20)31-27(33)24-11-5-10-23-22(24)9-6-12-25(23)29/h4-17H,1-3H3,(H,30,32)(H,31,33). The molecule has 0 saturated carbocycles. The Morgan fingerprint density at radius 2 is 1.27 bits per heavy atom. The molecular formula is C28H25ClN2O2. The molecule has 0 aliphatic heterocycles. The van der Waals surface area contributed by atoms with Gasteiger partial charge >= 0.3 is 0 Å². The first-order chi connectivity index (χ1) is 15.7. The highest BCUT2D eigenvalue weighted by Gasteiger charge is 2.15. The van der Waals surface area contributed by atoms with Gasteiger partial charge in [-0.25, -0.2) is 0 Å². The molecule has 2 amide bonds. The SMILES string of the molecule is CC(C)(C)c1ccc(C(=O)Nc2cccc(NC(=O)c3cccc4c(Cl)cccc34)c2)cc1. The zero-order valence-electron chi connectivity index (χ0n) is 18.8. The maximum Gasteiger partial charge on any atom is 0.256 e. The highest BCUT2D eigenvalue weighted by Crippen LogP contribution is 2.27. The van der Waals surface area contributed by atoms with Crippen molar-refractivity contribution in [1.82, 2.24) is 0 Å². The quantitative estimate of drug-likeness (QED) is 0.338. The molecule has 0 fully saturated rings. The van der Waals surface area contributed by atoms with Crippen LogP contribution in [0.1, 0.15) is 47.1 Å². The van der Waals surface area contributed by atoms with E-state index in [-0.39, 0.29) is 17.2 Å². The molecule has 0 saturated heterocycles. The van der Waals surface area contributed by atoms with E-state index in [0.717, 1.165) is 10.8 Å². The van der Waals surface area contributed by atoms with Crippen LogP contribution in [0.2, 0.25) is 5.02 Å². The van der Waals surface area contributed by atoms with Gasteiger partial charge in [-0.15, -0.1) is 0 Å². The summed E-state index contributed by atoms with van der Waals surface area (Å²) in [4.78, 5) is 25.7. The smallest absolute Gasteiger partial charge is 0.256 e. The van der Waals surface area contributed by atoms with Gasteiger partial charge in [-0.05, 0) is 58.8 Å². The van der Waals surface area contributed by atoms with E-state index in [9.17, 15) is 9.59 Å². The Labute approximate surface area is 198 Å². The van der Waals surface area contributed by atoms with E-state index in [2.05, 4.69) is 31.4 Å². The summed E-state index contributed by atoms with van der Waals surface area (Å²) in [5, 5.41) is 8.02. The van der Waals surface area contributed by atoms with Crippen LogP contribution in [-0.2, 0) is 5.41 Å². The number of nitrogens with one attached hydrogen (secondary N) is 2. The molecule has 0 aromatic heterocycles. The summed E-state index contributed by atoms with van der Waals surface area (Å²) in [7, 11) is 0. The second-order valence-electron chi connectivity index (χ2n) is 8.96. The lowest BCUT2D eigenvalue weighted by molar-refractivity contribution is 0.102. The van der Waals surface area contributed by atoms with Crippen LogP contribution in [0.15, 0.2) is 84.9 Å². The van der Waals surface area contributed by atoms with Gasteiger partial charge < -0.3 is 10.6 Å². The molecule has 0 bridgehead atoms. The van der Waals surface area contributed by atoms with Gasteiger partial charge in [0.2, 0.25) is 0 Å². The Hall–Kier alpha value is -3.63. The molecule has 0 spiro atoms. The largest absolute Gasteiger partial charge is 0.322 e. The number of anilines is 2. The minimum absolute atomic E-state index is 0.0248. The van der Waals surface area contributed by atoms with Crippen LogP contribution in [0.4, 0.5) is 11.4 Å². The molecule has 0 radical (unpaired) electrons. The van der Waals surface area contributed by atoms with Crippen molar-refractivity contribution >= 4 is 45.6 Å². The number of rotatable bonds is 4. The van der Waals surface area contributed by atoms with Gasteiger partial charge in [0.25, 0.3) is 11.8 Å². The first-order valence-electron chi connectivity index (χ1n) is 10.7. The molecule has 166 valence electrons. The Bertz CT molecular complexity index is 1340. The summed E-state index contributed by atoms with van der Waals surface area (Å²) in [6.07, 6.45) is 0. The van der Waals surface area contributed by atoms with Crippen LogP contribution in [0, 0.1) is 0 Å². The van der Waals surface area contributed by atoms with E-state index < -0.39 is 0 Å². The molecule has 0 aliphatic rings. The van der Waals surface area contributed by atoms with Crippen molar-refractivity contribution in [2.45, 2.75) is 26.2 Å². The molecule has 4 aromatic rings. The van der Waals surface area contributed by atoms with Crippen molar-refractivity contribution < 1.29 is 9.59 Å². The van der Waals surface area contributed by atoms with Crippen molar-refractivity contribution in [2.24, 2.45) is 0 Å². The van der Waals surface area contributed by atoms with E-state index in [1.54, 1.807) is 36.4 Å². The summed E-state index contributed by atoms with van der Waals surface area (Å²) in [5.74, 6) is -0.452. The van der Waals surface area contributed by atoms with Crippen molar-refractivity contribution in [3.63, 3.8) is 0 Å². The molecule has 0 heterocycles. The molecule has 33 heavy (non-hydrogen) atoms. The second-order valence-corrected chi connectivity index (χ2v) is 9.36. The highest BCUT2D eigenvalue weighted by molar-refractivity contribution is 6.36. The average Bonchev–Trinajstić information content (AvgIpc) is 2.79. The van der Waals surface area contributed by atoms with Gasteiger partial charge in [-0.2, -0.15) is 0 Å². The monoisotopic (exact) mass is 456 g/mol. The fourth-order valence-corrected chi connectivity index (χ4v) is 3.91. The van der Waals surface area contributed by atoms with Crippen molar-refractivity contribution in [3.05, 3.63) is 107 Å². The number of amides is 2. The first kappa shape index (κ1) is 22.6. The molecular weight excluding hydrogens is 432 g/mol. The second kappa shape index (κ2) is 9.08. The number of fused-ring (bicyclic) bond motifs is 1. The molecule has 0 atom stereocenters. The van der Waals surface area contributed by atoms with E-state index >= 15 is 0 Å². The van der Waals surface area contributed by atoms with Gasteiger partial charge in [0.15, 0.2) is 0 Å². The molecule has 2 N–H and O–H groups in total. The maximum absolute atomic E-state index is 13.0. The number of benzene rings is 4. The lowest BCUT2D eigenvalue weighted by Crippen LogP contribution is -2.15. The third-order valence-corrected chi connectivity index (χ3v) is 5.83. The van der Waals surface area contributed by atoms with Gasteiger partial charge in [0, 0.05) is 32.9 Å². The van der Waals surface area contributed by atoms with Gasteiger partial charge in [-0.3, -0.25) is 9.59 Å². The van der Waals surface area contributed by atoms with E-state index in [1.165, 1.54) is 5.56 Å². The van der Waals surface area contributed by atoms with Gasteiger partial charge in [0.1, 0.15) is 0 Å². The van der Waals surface area contributed by atoms with Crippen molar-refractivity contribution in [2.75, 3.05) is 10.6 Å². The molecule has 4 aromatic carbocycles. The maximum atomic E-state index is 13.0. The molecule has 0 unspecified atom stereocenters. The minimum atomic E-state index is -0.246. The summed E-state index contributed by atoms with van der Waals surface area (Å²) in [6, 6.07) is 25.6. The van der Waals surface area contributed by atoms with Crippen LogP contribution in [0.3, 0.4) is 0 Å². The average molecular weight is 457 g/mol. The van der Waals surface area contributed by atoms with Crippen LogP contribution < -0.4 is 10.6 Å². The topological polar surface area (TPSA) is 58.2 Å². The lowest BCUT2D eigenvalue weighted by atomic mass is 9.87. The molecule has 4 nitrogen and oxygen atoms in total. The Morgan fingerprint density at radius 1 is 0.697 bits per heavy atom. The van der Waals surface area contributed by atoms with Crippen LogP contribution in [-0.4, -0.2) is 11.8 Å². The molecule has 0 aliphatic carbocycles. The lowest BCUT2D eigenvalue weighted by Gasteiger charge is -2.19. The van der Waals surface area contributed by atoms with E-state index in [4.69, 9.17) is 11.6 Å². The number of hydrogen-bond acceptors (Lipinski definition) is 2. The summed E-state index contributed by atoms with van der Waals surface area (Å²) < 4.78 is 0. The fourth-order valence-electron chi connectivity index (χ4n) is 3.67. The predicted octanol–water partition coefficient (Wildman–Crippen LogP) is 7.30. The predicted molar refractivity (Wildman–Crippen MR) is 136 cm³/mol. The number of carbonyl (C=O) groups is 2. The first-order valence-corrected chi connectivity index (χ1v) is 11.1. The number of halogens is 1. The Morgan fingerprint density at radius 3 is 1.94 bits per heavy atom. The van der Waals surface area contributed by atoms with Crippen LogP contribution >= 0.6 is 11.6 Å². The van der Waals surface area contributed by atoms with E-state index in [0.29, 0.717) is 27.5 Å². The van der Waals surface area contributed by atoms with Crippen LogP contribution in [0.25, 0.3) is 10.8 Å². The third-order valence-electron chi connectivity index (χ3n) is 5.50. The Kier molecular flexibility index (Phi) is 6.21. The number of hydrogen-bond donors (Lipinski definition) is 2. The highest BCUT2D eigenvalue weighted by atomic mass is 35.5. The fraction of sp³-hybridized carbons (Fsp3) is 0.143. The summed E-state index contributed by atoms with van der Waals surface area (Å²) >= 11 is 6.27. The zero-order chi connectivity index (χ0) is 23.6. The van der Waals surface area contributed by atoms with Gasteiger partial charge in [-0.1, -0.05) is 74.8 Å². The Balaban J connectivity index is 1.50. The summed E-state index contributed by atoms with van der Waals surface area (Å²) in [6.45, 7) is 6.40. The third kappa shape index (κ3) is 5.07. The minimum Gasteiger partial charge on any atom is -0.322 e. The van der Waals surface area contributed by atoms with Crippen LogP contribution in [0.5, 0.6) is 0 Å². The number of carbonyl (C=O) groups excluding carboxylic acids is 2. The van der Waals surface area contributed by atoms with E-state index in [1.807, 2.05) is 48.5 Å². The molecule has 5 heteroatoms. The van der Waals surface area contributed by atoms with Gasteiger partial charge in [0.05, 0.1) is 0 Å². The normalized spacial score (nSPS) is 11.3. The van der Waals surface area contributed by atoms with Crippen molar-refractivity contribution in [3.8, 4) is 0 Å².